The van der Waals surface area contributed by atoms with Gasteiger partial charge in [-0.05, 0) is 36.1 Å². The van der Waals surface area contributed by atoms with Gasteiger partial charge in [0.05, 0.1) is 13.5 Å². The molecule has 0 bridgehead atoms. The topological polar surface area (TPSA) is 46.5 Å². The van der Waals surface area contributed by atoms with Gasteiger partial charge in [0, 0.05) is 0 Å². The average molecular weight is 226 g/mol. The highest BCUT2D eigenvalue weighted by Crippen LogP contribution is 2.28. The van der Waals surface area contributed by atoms with Gasteiger partial charge in [0.25, 0.3) is 0 Å². The Morgan fingerprint density at radius 3 is 2.69 bits per heavy atom. The molecule has 0 aliphatic heterocycles. The molecule has 16 heavy (non-hydrogen) atoms. The number of hydrogen-bond donors (Lipinski definition) is 1. The van der Waals surface area contributed by atoms with E-state index >= 15 is 0 Å². The third kappa shape index (κ3) is 2.72. The van der Waals surface area contributed by atoms with Gasteiger partial charge < -0.3 is 9.84 Å². The number of ether oxygens (including phenoxy) is 1. The van der Waals surface area contributed by atoms with E-state index in [-0.39, 0.29) is 18.1 Å². The molecule has 0 heterocycles. The Morgan fingerprint density at radius 1 is 1.56 bits per heavy atom. The maximum absolute atomic E-state index is 13.3. The van der Waals surface area contributed by atoms with Gasteiger partial charge >= 0.3 is 5.97 Å². The summed E-state index contributed by atoms with van der Waals surface area (Å²) < 4.78 is 18.2. The second-order valence-corrected chi connectivity index (χ2v) is 3.84. The molecule has 0 spiro atoms. The van der Waals surface area contributed by atoms with Gasteiger partial charge in [-0.2, -0.15) is 0 Å². The van der Waals surface area contributed by atoms with E-state index in [2.05, 4.69) is 0 Å². The molecular weight excluding hydrogens is 211 g/mol. The van der Waals surface area contributed by atoms with Crippen LogP contribution in [0.4, 0.5) is 4.39 Å². The molecule has 1 unspecified atom stereocenters. The van der Waals surface area contributed by atoms with Crippen LogP contribution in [0.3, 0.4) is 0 Å². The fourth-order valence-corrected chi connectivity index (χ4v) is 1.73. The molecular formula is C12H15FO3. The van der Waals surface area contributed by atoms with E-state index in [1.807, 2.05) is 0 Å². The van der Waals surface area contributed by atoms with E-state index in [9.17, 15) is 9.18 Å². The summed E-state index contributed by atoms with van der Waals surface area (Å²) in [6.07, 6.45) is 0.0234. The molecule has 1 N–H and O–H groups in total. The van der Waals surface area contributed by atoms with Gasteiger partial charge in [-0.3, -0.25) is 4.79 Å². The summed E-state index contributed by atoms with van der Waals surface area (Å²) in [5, 5.41) is 8.71. The Bertz CT molecular complexity index is 401. The fourth-order valence-electron chi connectivity index (χ4n) is 1.73. The maximum Gasteiger partial charge on any atom is 0.303 e. The lowest BCUT2D eigenvalue weighted by molar-refractivity contribution is -0.137. The Kier molecular flexibility index (Phi) is 3.88. The Hall–Kier alpha value is -1.58. The van der Waals surface area contributed by atoms with Crippen molar-refractivity contribution in [2.75, 3.05) is 7.11 Å². The van der Waals surface area contributed by atoms with E-state index in [1.165, 1.54) is 13.2 Å². The van der Waals surface area contributed by atoms with Gasteiger partial charge in [-0.25, -0.2) is 4.39 Å². The summed E-state index contributed by atoms with van der Waals surface area (Å²) in [6.45, 7) is 3.56. The highest BCUT2D eigenvalue weighted by atomic mass is 19.1. The van der Waals surface area contributed by atoms with Crippen LogP contribution in [-0.2, 0) is 4.79 Å². The molecule has 0 radical (unpaired) electrons. The zero-order chi connectivity index (χ0) is 12.3. The first-order valence-electron chi connectivity index (χ1n) is 5.01. The Morgan fingerprint density at radius 2 is 2.19 bits per heavy atom. The summed E-state index contributed by atoms with van der Waals surface area (Å²) >= 11 is 0. The zero-order valence-corrected chi connectivity index (χ0v) is 9.58. The van der Waals surface area contributed by atoms with Crippen LogP contribution in [0, 0.1) is 12.7 Å². The molecule has 1 aromatic rings. The van der Waals surface area contributed by atoms with Crippen LogP contribution in [0.2, 0.25) is 0 Å². The van der Waals surface area contributed by atoms with E-state index in [0.717, 1.165) is 11.1 Å². The fraction of sp³-hybridized carbons (Fsp3) is 0.417. The maximum atomic E-state index is 13.3. The molecule has 0 saturated heterocycles. The predicted octanol–water partition coefficient (Wildman–Crippen LogP) is 2.72. The molecule has 0 saturated carbocycles. The number of carboxylic acid groups (broad SMARTS) is 1. The molecule has 0 aliphatic carbocycles. The first-order chi connectivity index (χ1) is 7.45. The van der Waals surface area contributed by atoms with Crippen LogP contribution in [0.15, 0.2) is 12.1 Å². The van der Waals surface area contributed by atoms with Gasteiger partial charge in [-0.15, -0.1) is 0 Å². The number of aryl methyl sites for hydroxylation is 1. The highest BCUT2D eigenvalue weighted by Gasteiger charge is 2.15. The SMILES string of the molecule is COc1cc(C(C)CC(=O)O)c(C)cc1F. The third-order valence-electron chi connectivity index (χ3n) is 2.55. The van der Waals surface area contributed by atoms with Crippen LogP contribution in [-0.4, -0.2) is 18.2 Å². The van der Waals surface area contributed by atoms with Crippen LogP contribution >= 0.6 is 0 Å². The minimum atomic E-state index is -0.866. The van der Waals surface area contributed by atoms with Crippen molar-refractivity contribution in [1.82, 2.24) is 0 Å². The Balaban J connectivity index is 3.08. The number of carbonyl (C=O) groups is 1. The average Bonchev–Trinajstić information content (AvgIpc) is 2.16. The number of methoxy groups -OCH3 is 1. The van der Waals surface area contributed by atoms with Crippen LogP contribution in [0.5, 0.6) is 5.75 Å². The lowest BCUT2D eigenvalue weighted by atomic mass is 9.93. The van der Waals surface area contributed by atoms with E-state index in [1.54, 1.807) is 19.9 Å². The number of carboxylic acids is 1. The molecule has 88 valence electrons. The van der Waals surface area contributed by atoms with Gasteiger partial charge in [0.1, 0.15) is 0 Å². The molecule has 1 rings (SSSR count). The van der Waals surface area contributed by atoms with Crippen molar-refractivity contribution in [1.29, 1.82) is 0 Å². The monoisotopic (exact) mass is 226 g/mol. The summed E-state index contributed by atoms with van der Waals surface area (Å²) in [5.74, 6) is -1.30. The number of benzene rings is 1. The summed E-state index contributed by atoms with van der Waals surface area (Å²) in [5.41, 5.74) is 1.55. The van der Waals surface area contributed by atoms with Crippen molar-refractivity contribution in [3.63, 3.8) is 0 Å². The smallest absolute Gasteiger partial charge is 0.303 e. The van der Waals surface area contributed by atoms with Gasteiger partial charge in [0.2, 0.25) is 0 Å². The van der Waals surface area contributed by atoms with Crippen molar-refractivity contribution in [2.45, 2.75) is 26.2 Å². The van der Waals surface area contributed by atoms with E-state index in [0.29, 0.717) is 0 Å². The second kappa shape index (κ2) is 4.96. The molecule has 0 aromatic heterocycles. The molecule has 0 fully saturated rings. The van der Waals surface area contributed by atoms with Gasteiger partial charge in [0.15, 0.2) is 11.6 Å². The first kappa shape index (κ1) is 12.5. The third-order valence-corrected chi connectivity index (χ3v) is 2.55. The summed E-state index contributed by atoms with van der Waals surface area (Å²) in [7, 11) is 1.39. The number of halogens is 1. The van der Waals surface area contributed by atoms with Gasteiger partial charge in [-0.1, -0.05) is 6.92 Å². The Labute approximate surface area is 93.9 Å². The van der Waals surface area contributed by atoms with Crippen molar-refractivity contribution in [3.8, 4) is 5.75 Å². The minimum absolute atomic E-state index is 0.0234. The minimum Gasteiger partial charge on any atom is -0.494 e. The first-order valence-corrected chi connectivity index (χ1v) is 5.01. The summed E-state index contributed by atoms with van der Waals surface area (Å²) in [4.78, 5) is 10.6. The lowest BCUT2D eigenvalue weighted by Crippen LogP contribution is -2.05. The van der Waals surface area contributed by atoms with Crippen LogP contribution in [0.1, 0.15) is 30.4 Å². The molecule has 1 aromatic carbocycles. The van der Waals surface area contributed by atoms with Crippen molar-refractivity contribution < 1.29 is 19.0 Å². The van der Waals surface area contributed by atoms with Crippen LogP contribution in [0.25, 0.3) is 0 Å². The highest BCUT2D eigenvalue weighted by molar-refractivity contribution is 5.68. The molecule has 3 nitrogen and oxygen atoms in total. The largest absolute Gasteiger partial charge is 0.494 e. The van der Waals surface area contributed by atoms with Crippen molar-refractivity contribution in [2.24, 2.45) is 0 Å². The zero-order valence-electron chi connectivity index (χ0n) is 9.58. The van der Waals surface area contributed by atoms with Crippen LogP contribution < -0.4 is 4.74 Å². The number of aliphatic carboxylic acids is 1. The second-order valence-electron chi connectivity index (χ2n) is 3.84. The van der Waals surface area contributed by atoms with Crippen molar-refractivity contribution in [3.05, 3.63) is 29.1 Å². The quantitative estimate of drug-likeness (QED) is 0.858. The summed E-state index contributed by atoms with van der Waals surface area (Å²) in [6, 6.07) is 2.94. The number of rotatable bonds is 4. The van der Waals surface area contributed by atoms with E-state index < -0.39 is 11.8 Å². The molecule has 4 heteroatoms. The normalized spacial score (nSPS) is 12.2. The standard InChI is InChI=1S/C12H15FO3/c1-7-4-10(13)11(16-3)6-9(7)8(2)5-12(14)15/h4,6,8H,5H2,1-3H3,(H,14,15). The van der Waals surface area contributed by atoms with Crippen molar-refractivity contribution >= 4 is 5.97 Å². The molecule has 0 aliphatic rings. The molecule has 0 amide bonds. The number of hydrogen-bond acceptors (Lipinski definition) is 2. The lowest BCUT2D eigenvalue weighted by Gasteiger charge is -2.14. The van der Waals surface area contributed by atoms with E-state index in [4.69, 9.17) is 9.84 Å². The molecule has 1 atom stereocenters. The predicted molar refractivity (Wildman–Crippen MR) is 58.4 cm³/mol.